The van der Waals surface area contributed by atoms with E-state index in [1.54, 1.807) is 6.33 Å². The summed E-state index contributed by atoms with van der Waals surface area (Å²) in [4.78, 5) is 12.9. The maximum Gasteiger partial charge on any atom is 0.245 e. The minimum absolute atomic E-state index is 0.102. The molecule has 2 heterocycles. The maximum absolute atomic E-state index is 5.86. The summed E-state index contributed by atoms with van der Waals surface area (Å²) in [7, 11) is 0. The lowest BCUT2D eigenvalue weighted by Crippen LogP contribution is -2.35. The molecule has 3 rings (SSSR count). The number of rotatable bonds is 8. The topological polar surface area (TPSA) is 90.9 Å². The van der Waals surface area contributed by atoms with Crippen molar-refractivity contribution in [3.8, 4) is 5.88 Å². The van der Waals surface area contributed by atoms with Gasteiger partial charge in [-0.25, -0.2) is 4.98 Å². The van der Waals surface area contributed by atoms with Crippen LogP contribution < -0.4 is 15.8 Å². The van der Waals surface area contributed by atoms with Crippen LogP contribution in [0.15, 0.2) is 30.6 Å². The molecule has 0 unspecified atom stereocenters. The maximum atomic E-state index is 5.86. The lowest BCUT2D eigenvalue weighted by Gasteiger charge is -2.20. The number of hydrogen-bond donors (Lipinski definition) is 2. The summed E-state index contributed by atoms with van der Waals surface area (Å²) in [5.41, 5.74) is 9.69. The van der Waals surface area contributed by atoms with Crippen molar-refractivity contribution >= 4 is 17.1 Å². The Morgan fingerprint density at radius 3 is 2.50 bits per heavy atom. The van der Waals surface area contributed by atoms with E-state index in [9.17, 15) is 0 Å². The SMILES string of the molecule is CCCCOc1nc(N)nc2ncn(Cc3ccc(CNC(C)(C)C)cc3)c12. The highest BCUT2D eigenvalue weighted by atomic mass is 16.5. The van der Waals surface area contributed by atoms with Crippen LogP contribution in [0.1, 0.15) is 51.7 Å². The molecule has 7 nitrogen and oxygen atoms in total. The summed E-state index contributed by atoms with van der Waals surface area (Å²) < 4.78 is 7.87. The van der Waals surface area contributed by atoms with Gasteiger partial charge in [0.25, 0.3) is 0 Å². The molecule has 0 atom stereocenters. The Morgan fingerprint density at radius 1 is 1.11 bits per heavy atom. The van der Waals surface area contributed by atoms with Crippen LogP contribution in [0.2, 0.25) is 0 Å². The molecule has 0 saturated heterocycles. The molecule has 150 valence electrons. The number of anilines is 1. The molecule has 0 radical (unpaired) electrons. The fourth-order valence-corrected chi connectivity index (χ4v) is 2.82. The molecule has 0 aliphatic heterocycles. The van der Waals surface area contributed by atoms with Gasteiger partial charge in [0.2, 0.25) is 11.8 Å². The van der Waals surface area contributed by atoms with E-state index < -0.39 is 0 Å². The van der Waals surface area contributed by atoms with E-state index in [1.165, 1.54) is 11.1 Å². The summed E-state index contributed by atoms with van der Waals surface area (Å²) in [6.45, 7) is 10.7. The number of nitrogens with one attached hydrogen (secondary N) is 1. The second-order valence-corrected chi connectivity index (χ2v) is 8.05. The summed E-state index contributed by atoms with van der Waals surface area (Å²) in [5.74, 6) is 0.680. The average molecular weight is 383 g/mol. The monoisotopic (exact) mass is 382 g/mol. The Labute approximate surface area is 166 Å². The Bertz CT molecular complexity index is 911. The van der Waals surface area contributed by atoms with Gasteiger partial charge in [-0.15, -0.1) is 0 Å². The zero-order valence-corrected chi connectivity index (χ0v) is 17.2. The van der Waals surface area contributed by atoms with Crippen molar-refractivity contribution in [1.29, 1.82) is 0 Å². The zero-order chi connectivity index (χ0) is 20.1. The summed E-state index contributed by atoms with van der Waals surface area (Å²) >= 11 is 0. The first-order chi connectivity index (χ1) is 13.4. The molecule has 3 aromatic rings. The van der Waals surface area contributed by atoms with Crippen LogP contribution in [0.5, 0.6) is 5.88 Å². The molecule has 0 saturated carbocycles. The van der Waals surface area contributed by atoms with Gasteiger partial charge in [-0.1, -0.05) is 37.6 Å². The lowest BCUT2D eigenvalue weighted by molar-refractivity contribution is 0.300. The Hall–Kier alpha value is -2.67. The third-order valence-electron chi connectivity index (χ3n) is 4.39. The summed E-state index contributed by atoms with van der Waals surface area (Å²) in [6.07, 6.45) is 3.78. The number of nitrogens with zero attached hydrogens (tertiary/aromatic N) is 4. The molecular weight excluding hydrogens is 352 g/mol. The molecule has 0 aliphatic rings. The van der Waals surface area contributed by atoms with Gasteiger partial charge in [0.15, 0.2) is 11.2 Å². The van der Waals surface area contributed by atoms with Crippen molar-refractivity contribution in [2.45, 2.75) is 59.2 Å². The van der Waals surface area contributed by atoms with E-state index in [-0.39, 0.29) is 11.5 Å². The van der Waals surface area contributed by atoms with Crippen LogP contribution in [0.25, 0.3) is 11.2 Å². The molecular formula is C21H30N6O. The number of aromatic nitrogens is 4. The van der Waals surface area contributed by atoms with Crippen molar-refractivity contribution in [1.82, 2.24) is 24.8 Å². The predicted octanol–water partition coefficient (Wildman–Crippen LogP) is 3.52. The van der Waals surface area contributed by atoms with Crippen molar-refractivity contribution in [2.75, 3.05) is 12.3 Å². The third kappa shape index (κ3) is 5.19. The summed E-state index contributed by atoms with van der Waals surface area (Å²) in [5, 5.41) is 3.50. The average Bonchev–Trinajstić information content (AvgIpc) is 3.03. The molecule has 2 aromatic heterocycles. The van der Waals surface area contributed by atoms with Crippen molar-refractivity contribution in [3.63, 3.8) is 0 Å². The molecule has 0 spiro atoms. The van der Waals surface area contributed by atoms with Crippen LogP contribution >= 0.6 is 0 Å². The number of nitrogens with two attached hydrogens (primary N) is 1. The minimum atomic E-state index is 0.102. The van der Waals surface area contributed by atoms with Crippen LogP contribution in [0, 0.1) is 0 Å². The van der Waals surface area contributed by atoms with Gasteiger partial charge in [0.05, 0.1) is 12.9 Å². The second kappa shape index (κ2) is 8.56. The number of nitrogen functional groups attached to an aromatic ring is 1. The van der Waals surface area contributed by atoms with Gasteiger partial charge in [-0.2, -0.15) is 9.97 Å². The van der Waals surface area contributed by atoms with E-state index in [2.05, 4.69) is 72.2 Å². The van der Waals surface area contributed by atoms with Crippen molar-refractivity contribution in [3.05, 3.63) is 41.7 Å². The van der Waals surface area contributed by atoms with Crippen LogP contribution in [-0.2, 0) is 13.1 Å². The fraction of sp³-hybridized carbons (Fsp3) is 0.476. The van der Waals surface area contributed by atoms with E-state index in [0.29, 0.717) is 24.7 Å². The molecule has 0 aliphatic carbocycles. The molecule has 0 fully saturated rings. The van der Waals surface area contributed by atoms with Crippen LogP contribution in [0.3, 0.4) is 0 Å². The van der Waals surface area contributed by atoms with Gasteiger partial charge >= 0.3 is 0 Å². The minimum Gasteiger partial charge on any atom is -0.476 e. The number of imidazole rings is 1. The van der Waals surface area contributed by atoms with Crippen molar-refractivity contribution in [2.24, 2.45) is 0 Å². The molecule has 28 heavy (non-hydrogen) atoms. The highest BCUT2D eigenvalue weighted by molar-refractivity contribution is 5.77. The standard InChI is InChI=1S/C21H30N6O/c1-5-6-11-28-19-17-18(25-20(22)26-19)23-14-27(17)13-16-9-7-15(8-10-16)12-24-21(2,3)4/h7-10,14,24H,5-6,11-13H2,1-4H3,(H2,22,25,26). The first kappa shape index (κ1) is 20.1. The van der Waals surface area contributed by atoms with Crippen LogP contribution in [-0.4, -0.2) is 31.7 Å². The fourth-order valence-electron chi connectivity index (χ4n) is 2.82. The van der Waals surface area contributed by atoms with E-state index in [0.717, 1.165) is 24.9 Å². The van der Waals surface area contributed by atoms with Crippen LogP contribution in [0.4, 0.5) is 5.95 Å². The normalized spacial score (nSPS) is 11.9. The number of unbranched alkanes of at least 4 members (excludes halogenated alkanes) is 1. The second-order valence-electron chi connectivity index (χ2n) is 8.05. The molecule has 1 aromatic carbocycles. The van der Waals surface area contributed by atoms with E-state index in [4.69, 9.17) is 10.5 Å². The molecule has 3 N–H and O–H groups in total. The number of benzene rings is 1. The molecule has 7 heteroatoms. The molecule has 0 bridgehead atoms. The highest BCUT2D eigenvalue weighted by Crippen LogP contribution is 2.24. The summed E-state index contributed by atoms with van der Waals surface area (Å²) in [6, 6.07) is 8.59. The first-order valence-corrected chi connectivity index (χ1v) is 9.79. The molecule has 0 amide bonds. The number of fused-ring (bicyclic) bond motifs is 1. The van der Waals surface area contributed by atoms with Gasteiger partial charge in [0, 0.05) is 18.6 Å². The van der Waals surface area contributed by atoms with E-state index in [1.807, 2.05) is 4.57 Å². The van der Waals surface area contributed by atoms with Gasteiger partial charge in [-0.05, 0) is 38.3 Å². The number of hydrogen-bond acceptors (Lipinski definition) is 6. The van der Waals surface area contributed by atoms with Gasteiger partial charge in [0.1, 0.15) is 0 Å². The zero-order valence-electron chi connectivity index (χ0n) is 17.2. The Kier molecular flexibility index (Phi) is 6.14. The van der Waals surface area contributed by atoms with Gasteiger partial charge < -0.3 is 20.4 Å². The first-order valence-electron chi connectivity index (χ1n) is 9.79. The predicted molar refractivity (Wildman–Crippen MR) is 112 cm³/mol. The number of ether oxygens (including phenoxy) is 1. The largest absolute Gasteiger partial charge is 0.476 e. The van der Waals surface area contributed by atoms with E-state index >= 15 is 0 Å². The quantitative estimate of drug-likeness (QED) is 0.579. The Balaban J connectivity index is 1.78. The Morgan fingerprint density at radius 2 is 1.82 bits per heavy atom. The smallest absolute Gasteiger partial charge is 0.245 e. The third-order valence-corrected chi connectivity index (χ3v) is 4.39. The van der Waals surface area contributed by atoms with Crippen molar-refractivity contribution < 1.29 is 4.74 Å². The van der Waals surface area contributed by atoms with Gasteiger partial charge in [-0.3, -0.25) is 0 Å². The lowest BCUT2D eigenvalue weighted by atomic mass is 10.1. The highest BCUT2D eigenvalue weighted by Gasteiger charge is 2.14.